The predicted octanol–water partition coefficient (Wildman–Crippen LogP) is 2.22. The van der Waals surface area contributed by atoms with E-state index in [1.807, 2.05) is 13.8 Å². The van der Waals surface area contributed by atoms with Gasteiger partial charge in [0.2, 0.25) is 5.91 Å². The van der Waals surface area contributed by atoms with Crippen molar-refractivity contribution in [3.63, 3.8) is 0 Å². The Morgan fingerprint density at radius 1 is 1.27 bits per heavy atom. The van der Waals surface area contributed by atoms with Crippen molar-refractivity contribution in [3.8, 4) is 0 Å². The molecule has 1 amide bonds. The number of amides is 1. The lowest BCUT2D eigenvalue weighted by atomic mass is 9.68. The Bertz CT molecular complexity index is 394. The third-order valence-corrected chi connectivity index (χ3v) is 4.68. The van der Waals surface area contributed by atoms with Crippen molar-refractivity contribution in [3.05, 3.63) is 0 Å². The summed E-state index contributed by atoms with van der Waals surface area (Å²) in [5.41, 5.74) is 0.585. The van der Waals surface area contributed by atoms with Crippen molar-refractivity contribution in [2.45, 2.75) is 46.5 Å². The molecular weight excluding hydrogens is 391 g/mol. The van der Waals surface area contributed by atoms with Crippen LogP contribution in [0.5, 0.6) is 0 Å². The number of hydrogen-bond donors (Lipinski definition) is 2. The number of nitrogens with zero attached hydrogens (tertiary/aromatic N) is 2. The molecule has 2 fully saturated rings. The number of nitrogens with one attached hydrogen (secondary N) is 2. The van der Waals surface area contributed by atoms with Gasteiger partial charge in [-0.15, -0.1) is 24.0 Å². The maximum atomic E-state index is 11.5. The quantitative estimate of drug-likeness (QED) is 0.309. The van der Waals surface area contributed by atoms with Gasteiger partial charge in [-0.05, 0) is 31.6 Å². The van der Waals surface area contributed by atoms with Gasteiger partial charge in [0.15, 0.2) is 5.96 Å². The molecule has 0 aromatic carbocycles. The summed E-state index contributed by atoms with van der Waals surface area (Å²) in [6, 6.07) is 0. The molecule has 1 aliphatic carbocycles. The van der Waals surface area contributed by atoms with Crippen LogP contribution in [0.25, 0.3) is 0 Å². The molecule has 1 heterocycles. The molecule has 6 heteroatoms. The highest BCUT2D eigenvalue weighted by molar-refractivity contribution is 14.0. The fourth-order valence-corrected chi connectivity index (χ4v) is 3.17. The Morgan fingerprint density at radius 3 is 2.50 bits per heavy atom. The Morgan fingerprint density at radius 2 is 2.00 bits per heavy atom. The zero-order chi connectivity index (χ0) is 15.3. The van der Waals surface area contributed by atoms with Gasteiger partial charge in [-0.25, -0.2) is 0 Å². The number of likely N-dealkylation sites (tertiary alicyclic amines) is 1. The fourth-order valence-electron chi connectivity index (χ4n) is 3.17. The SMILES string of the molecule is CCNC(=NCCNC(=O)C(C)C)N1CCC2(CCC2)C1.I. The first kappa shape index (κ1) is 19.5. The van der Waals surface area contributed by atoms with Crippen LogP contribution in [0.4, 0.5) is 0 Å². The van der Waals surface area contributed by atoms with Crippen LogP contribution < -0.4 is 10.6 Å². The smallest absolute Gasteiger partial charge is 0.222 e. The molecular formula is C16H31IN4O. The van der Waals surface area contributed by atoms with Crippen molar-refractivity contribution < 1.29 is 4.79 Å². The van der Waals surface area contributed by atoms with Crippen molar-refractivity contribution in [1.29, 1.82) is 0 Å². The molecule has 1 aliphatic heterocycles. The summed E-state index contributed by atoms with van der Waals surface area (Å²) >= 11 is 0. The molecule has 1 saturated heterocycles. The number of guanidine groups is 1. The Kier molecular flexibility index (Phi) is 7.93. The fraction of sp³-hybridized carbons (Fsp3) is 0.875. The van der Waals surface area contributed by atoms with E-state index < -0.39 is 0 Å². The average molecular weight is 422 g/mol. The maximum absolute atomic E-state index is 11.5. The number of halogens is 1. The minimum atomic E-state index is 0. The van der Waals surface area contributed by atoms with Gasteiger partial charge in [0, 0.05) is 32.1 Å². The first-order valence-electron chi connectivity index (χ1n) is 8.37. The van der Waals surface area contributed by atoms with Gasteiger partial charge in [-0.2, -0.15) is 0 Å². The van der Waals surface area contributed by atoms with Gasteiger partial charge in [0.05, 0.1) is 6.54 Å². The van der Waals surface area contributed by atoms with Gasteiger partial charge >= 0.3 is 0 Å². The van der Waals surface area contributed by atoms with Crippen LogP contribution >= 0.6 is 24.0 Å². The second-order valence-electron chi connectivity index (χ2n) is 6.71. The number of rotatable bonds is 5. The van der Waals surface area contributed by atoms with Crippen LogP contribution in [-0.4, -0.2) is 49.5 Å². The van der Waals surface area contributed by atoms with Crippen molar-refractivity contribution in [2.24, 2.45) is 16.3 Å². The number of hydrogen-bond acceptors (Lipinski definition) is 2. The Balaban J connectivity index is 0.00000242. The molecule has 0 aromatic heterocycles. The highest BCUT2D eigenvalue weighted by atomic mass is 127. The van der Waals surface area contributed by atoms with E-state index in [0.29, 0.717) is 18.5 Å². The van der Waals surface area contributed by atoms with Crippen LogP contribution in [0.2, 0.25) is 0 Å². The predicted molar refractivity (Wildman–Crippen MR) is 102 cm³/mol. The molecule has 1 saturated carbocycles. The lowest BCUT2D eigenvalue weighted by molar-refractivity contribution is -0.123. The molecule has 5 nitrogen and oxygen atoms in total. The van der Waals surface area contributed by atoms with Gasteiger partial charge in [-0.3, -0.25) is 9.79 Å². The number of carbonyl (C=O) groups is 1. The van der Waals surface area contributed by atoms with Crippen LogP contribution in [0.1, 0.15) is 46.5 Å². The summed E-state index contributed by atoms with van der Waals surface area (Å²) in [5.74, 6) is 1.16. The Hall–Kier alpha value is -0.530. The first-order chi connectivity index (χ1) is 10.1. The van der Waals surface area contributed by atoms with E-state index in [4.69, 9.17) is 0 Å². The van der Waals surface area contributed by atoms with E-state index >= 15 is 0 Å². The van der Waals surface area contributed by atoms with Gasteiger partial charge < -0.3 is 15.5 Å². The third kappa shape index (κ3) is 4.99. The summed E-state index contributed by atoms with van der Waals surface area (Å²) in [6.07, 6.45) is 5.46. The normalized spacial score (nSPS) is 19.8. The number of aliphatic imine (C=N–C) groups is 1. The third-order valence-electron chi connectivity index (χ3n) is 4.68. The second kappa shape index (κ2) is 8.93. The topological polar surface area (TPSA) is 56.7 Å². The molecule has 128 valence electrons. The van der Waals surface area contributed by atoms with E-state index in [2.05, 4.69) is 27.4 Å². The number of carbonyl (C=O) groups excluding carboxylic acids is 1. The molecule has 22 heavy (non-hydrogen) atoms. The Labute approximate surface area is 151 Å². The van der Waals surface area contributed by atoms with Crippen molar-refractivity contribution in [1.82, 2.24) is 15.5 Å². The van der Waals surface area contributed by atoms with Gasteiger partial charge in [0.1, 0.15) is 0 Å². The first-order valence-corrected chi connectivity index (χ1v) is 8.37. The van der Waals surface area contributed by atoms with E-state index in [1.54, 1.807) is 0 Å². The molecule has 0 atom stereocenters. The standard InChI is InChI=1S/C16H30N4O.HI/c1-4-17-15(19-10-9-18-14(21)13(2)3)20-11-8-16(12-20)6-5-7-16;/h13H,4-12H2,1-3H3,(H,17,19)(H,18,21);1H. The van der Waals surface area contributed by atoms with Crippen LogP contribution in [0, 0.1) is 11.3 Å². The molecule has 0 unspecified atom stereocenters. The summed E-state index contributed by atoms with van der Waals surface area (Å²) < 4.78 is 0. The zero-order valence-corrected chi connectivity index (χ0v) is 16.5. The van der Waals surface area contributed by atoms with E-state index in [-0.39, 0.29) is 35.8 Å². The van der Waals surface area contributed by atoms with E-state index in [1.165, 1.54) is 25.7 Å². The molecule has 0 radical (unpaired) electrons. The van der Waals surface area contributed by atoms with Gasteiger partial charge in [-0.1, -0.05) is 20.3 Å². The minimum Gasteiger partial charge on any atom is -0.357 e. The van der Waals surface area contributed by atoms with Crippen molar-refractivity contribution in [2.75, 3.05) is 32.7 Å². The molecule has 2 N–H and O–H groups in total. The summed E-state index contributed by atoms with van der Waals surface area (Å²) in [5, 5.41) is 6.30. The highest BCUT2D eigenvalue weighted by Crippen LogP contribution is 2.47. The zero-order valence-electron chi connectivity index (χ0n) is 14.2. The van der Waals surface area contributed by atoms with Crippen molar-refractivity contribution >= 4 is 35.8 Å². The monoisotopic (exact) mass is 422 g/mol. The molecule has 2 rings (SSSR count). The summed E-state index contributed by atoms with van der Waals surface area (Å²) in [4.78, 5) is 18.6. The highest BCUT2D eigenvalue weighted by Gasteiger charge is 2.43. The molecule has 0 aromatic rings. The average Bonchev–Trinajstić information content (AvgIpc) is 2.87. The maximum Gasteiger partial charge on any atom is 0.222 e. The summed E-state index contributed by atoms with van der Waals surface area (Å²) in [7, 11) is 0. The molecule has 0 bridgehead atoms. The second-order valence-corrected chi connectivity index (χ2v) is 6.71. The largest absolute Gasteiger partial charge is 0.357 e. The minimum absolute atomic E-state index is 0. The van der Waals surface area contributed by atoms with Gasteiger partial charge in [0.25, 0.3) is 0 Å². The lowest BCUT2D eigenvalue weighted by Crippen LogP contribution is -2.43. The van der Waals surface area contributed by atoms with Crippen LogP contribution in [0.15, 0.2) is 4.99 Å². The van der Waals surface area contributed by atoms with Crippen LogP contribution in [0.3, 0.4) is 0 Å². The summed E-state index contributed by atoms with van der Waals surface area (Å²) in [6.45, 7) is 10.3. The lowest BCUT2D eigenvalue weighted by Gasteiger charge is -2.38. The molecule has 2 aliphatic rings. The van der Waals surface area contributed by atoms with E-state index in [9.17, 15) is 4.79 Å². The molecule has 1 spiro atoms. The van der Waals surface area contributed by atoms with E-state index in [0.717, 1.165) is 25.6 Å². The van der Waals surface area contributed by atoms with Crippen LogP contribution in [-0.2, 0) is 4.79 Å².